The molecule has 0 saturated heterocycles. The van der Waals surface area contributed by atoms with Crippen LogP contribution < -0.4 is 5.32 Å². The van der Waals surface area contributed by atoms with Crippen LogP contribution in [0.3, 0.4) is 0 Å². The van der Waals surface area contributed by atoms with Gasteiger partial charge in [0.2, 0.25) is 0 Å². The van der Waals surface area contributed by atoms with Crippen LogP contribution in [-0.2, 0) is 0 Å². The van der Waals surface area contributed by atoms with Gasteiger partial charge in [-0.3, -0.25) is 0 Å². The number of nitrogens with one attached hydrogen (secondary N) is 1. The third-order valence-electron chi connectivity index (χ3n) is 2.81. The molecule has 0 aliphatic carbocycles. The van der Waals surface area contributed by atoms with Crippen molar-refractivity contribution < 1.29 is 0 Å². The minimum Gasteiger partial charge on any atom is -0.366 e. The topological polar surface area (TPSA) is 55.1 Å². The van der Waals surface area contributed by atoms with Gasteiger partial charge in [0.1, 0.15) is 17.3 Å². The molecule has 1 atom stereocenters. The van der Waals surface area contributed by atoms with E-state index >= 15 is 0 Å². The zero-order valence-corrected chi connectivity index (χ0v) is 12.2. The first-order valence-electron chi connectivity index (χ1n) is 5.78. The molecule has 0 radical (unpaired) electrons. The number of thioether (sulfide) groups is 1. The maximum Gasteiger partial charge on any atom is 0.255 e. The molecule has 0 fully saturated rings. The van der Waals surface area contributed by atoms with Gasteiger partial charge in [-0.05, 0) is 19.6 Å². The molecule has 2 aromatic rings. The van der Waals surface area contributed by atoms with Crippen molar-refractivity contribution in [3.8, 4) is 0 Å². The summed E-state index contributed by atoms with van der Waals surface area (Å²) in [5, 5.41) is 8.14. The summed E-state index contributed by atoms with van der Waals surface area (Å²) in [7, 11) is 0. The Bertz CT molecular complexity index is 541. The molecule has 0 aromatic carbocycles. The predicted octanol–water partition coefficient (Wildman–Crippen LogP) is 2.64. The Balaban J connectivity index is 2.41. The lowest BCUT2D eigenvalue weighted by atomic mass is 10.2. The van der Waals surface area contributed by atoms with Crippen molar-refractivity contribution >= 4 is 35.0 Å². The molecule has 0 aliphatic rings. The Morgan fingerprint density at radius 2 is 2.33 bits per heavy atom. The van der Waals surface area contributed by atoms with Gasteiger partial charge in [0.25, 0.3) is 5.78 Å². The molecule has 7 heteroatoms. The van der Waals surface area contributed by atoms with Crippen LogP contribution in [0, 0.1) is 6.92 Å². The van der Waals surface area contributed by atoms with Crippen LogP contribution in [0.2, 0.25) is 5.15 Å². The average molecular weight is 286 g/mol. The summed E-state index contributed by atoms with van der Waals surface area (Å²) < 4.78 is 1.70. The highest BCUT2D eigenvalue weighted by molar-refractivity contribution is 7.98. The molecule has 2 aromatic heterocycles. The summed E-state index contributed by atoms with van der Waals surface area (Å²) in [6.07, 6.45) is 4.62. The van der Waals surface area contributed by atoms with E-state index in [2.05, 4.69) is 33.6 Å². The van der Waals surface area contributed by atoms with Gasteiger partial charge in [0, 0.05) is 17.4 Å². The van der Waals surface area contributed by atoms with Gasteiger partial charge in [0.05, 0.1) is 0 Å². The molecule has 98 valence electrons. The van der Waals surface area contributed by atoms with Gasteiger partial charge in [-0.15, -0.1) is 0 Å². The smallest absolute Gasteiger partial charge is 0.255 e. The van der Waals surface area contributed by atoms with Crippen molar-refractivity contribution in [2.24, 2.45) is 0 Å². The number of halogens is 1. The number of anilines is 1. The molecule has 1 N–H and O–H groups in total. The van der Waals surface area contributed by atoms with E-state index in [-0.39, 0.29) is 0 Å². The molecular formula is C11H16ClN5S. The van der Waals surface area contributed by atoms with Crippen molar-refractivity contribution in [1.29, 1.82) is 0 Å². The molecule has 18 heavy (non-hydrogen) atoms. The van der Waals surface area contributed by atoms with Crippen LogP contribution in [0.25, 0.3) is 5.78 Å². The van der Waals surface area contributed by atoms with Crippen molar-refractivity contribution in [2.75, 3.05) is 17.3 Å². The first kappa shape index (κ1) is 13.4. The van der Waals surface area contributed by atoms with Gasteiger partial charge in [0.15, 0.2) is 0 Å². The highest BCUT2D eigenvalue weighted by atomic mass is 35.5. The Morgan fingerprint density at radius 3 is 3.00 bits per heavy atom. The van der Waals surface area contributed by atoms with Gasteiger partial charge >= 0.3 is 0 Å². The van der Waals surface area contributed by atoms with Crippen molar-refractivity contribution in [2.45, 2.75) is 26.3 Å². The number of nitrogens with zero attached hydrogens (tertiary/aromatic N) is 4. The average Bonchev–Trinajstić information content (AvgIpc) is 2.81. The van der Waals surface area contributed by atoms with Crippen molar-refractivity contribution in [3.63, 3.8) is 0 Å². The largest absolute Gasteiger partial charge is 0.366 e. The Morgan fingerprint density at radius 1 is 1.56 bits per heavy atom. The fourth-order valence-electron chi connectivity index (χ4n) is 1.72. The first-order valence-corrected chi connectivity index (χ1v) is 7.55. The van der Waals surface area contributed by atoms with Crippen LogP contribution in [0.1, 0.15) is 18.9 Å². The zero-order chi connectivity index (χ0) is 13.1. The number of aromatic nitrogens is 4. The highest BCUT2D eigenvalue weighted by Crippen LogP contribution is 2.23. The van der Waals surface area contributed by atoms with Crippen LogP contribution in [0.4, 0.5) is 5.82 Å². The highest BCUT2D eigenvalue weighted by Gasteiger charge is 2.15. The van der Waals surface area contributed by atoms with E-state index in [1.165, 1.54) is 6.33 Å². The summed E-state index contributed by atoms with van der Waals surface area (Å²) >= 11 is 7.93. The van der Waals surface area contributed by atoms with E-state index in [4.69, 9.17) is 11.6 Å². The molecule has 0 saturated carbocycles. The summed E-state index contributed by atoms with van der Waals surface area (Å²) in [6.45, 7) is 4.09. The lowest BCUT2D eigenvalue weighted by Crippen LogP contribution is -2.24. The Kier molecular flexibility index (Phi) is 4.29. The second-order valence-corrected chi connectivity index (χ2v) is 5.32. The Labute approximate surface area is 115 Å². The molecule has 0 bridgehead atoms. The van der Waals surface area contributed by atoms with E-state index in [0.29, 0.717) is 17.0 Å². The number of fused-ring (bicyclic) bond motifs is 1. The monoisotopic (exact) mass is 285 g/mol. The zero-order valence-electron chi connectivity index (χ0n) is 10.6. The minimum absolute atomic E-state index is 0.379. The number of rotatable bonds is 5. The third kappa shape index (κ3) is 2.54. The van der Waals surface area contributed by atoms with Crippen LogP contribution in [-0.4, -0.2) is 37.6 Å². The molecule has 2 heterocycles. The van der Waals surface area contributed by atoms with E-state index in [1.807, 2.05) is 18.7 Å². The maximum absolute atomic E-state index is 6.12. The summed E-state index contributed by atoms with van der Waals surface area (Å²) in [5.41, 5.74) is 0.897. The maximum atomic E-state index is 6.12. The SMILES string of the molecule is CCC(CSC)Nc1c(C)c(Cl)nc2ncnn12. The third-order valence-corrected chi connectivity index (χ3v) is 3.91. The molecule has 5 nitrogen and oxygen atoms in total. The second-order valence-electron chi connectivity index (χ2n) is 4.05. The van der Waals surface area contributed by atoms with E-state index in [0.717, 1.165) is 23.6 Å². The molecular weight excluding hydrogens is 270 g/mol. The van der Waals surface area contributed by atoms with Crippen LogP contribution >= 0.6 is 23.4 Å². The Hall–Kier alpha value is -1.01. The normalized spacial score (nSPS) is 12.9. The predicted molar refractivity (Wildman–Crippen MR) is 76.6 cm³/mol. The number of hydrogen-bond acceptors (Lipinski definition) is 5. The van der Waals surface area contributed by atoms with E-state index in [1.54, 1.807) is 4.52 Å². The van der Waals surface area contributed by atoms with E-state index < -0.39 is 0 Å². The summed E-state index contributed by atoms with van der Waals surface area (Å²) in [4.78, 5) is 8.26. The van der Waals surface area contributed by atoms with Gasteiger partial charge in [-0.25, -0.2) is 0 Å². The van der Waals surface area contributed by atoms with Crippen molar-refractivity contribution in [3.05, 3.63) is 17.0 Å². The standard InChI is InChI=1S/C11H16ClN5S/c1-4-8(5-18-3)15-10-7(2)9(12)16-11-13-6-14-17(10)11/h6,8,15H,4-5H2,1-3H3. The quantitative estimate of drug-likeness (QED) is 0.856. The fraction of sp³-hybridized carbons (Fsp3) is 0.545. The molecule has 2 rings (SSSR count). The minimum atomic E-state index is 0.379. The fourth-order valence-corrected chi connectivity index (χ4v) is 2.61. The lowest BCUT2D eigenvalue weighted by Gasteiger charge is -2.19. The summed E-state index contributed by atoms with van der Waals surface area (Å²) in [6, 6.07) is 0.379. The van der Waals surface area contributed by atoms with Crippen molar-refractivity contribution in [1.82, 2.24) is 19.6 Å². The molecule has 0 spiro atoms. The first-order chi connectivity index (χ1) is 8.67. The van der Waals surface area contributed by atoms with Gasteiger partial charge in [-0.2, -0.15) is 31.3 Å². The van der Waals surface area contributed by atoms with Crippen LogP contribution in [0.5, 0.6) is 0 Å². The number of hydrogen-bond donors (Lipinski definition) is 1. The van der Waals surface area contributed by atoms with E-state index in [9.17, 15) is 0 Å². The molecule has 1 unspecified atom stereocenters. The summed E-state index contributed by atoms with van der Waals surface area (Å²) in [5.74, 6) is 2.43. The lowest BCUT2D eigenvalue weighted by molar-refractivity contribution is 0.756. The van der Waals surface area contributed by atoms with Crippen LogP contribution in [0.15, 0.2) is 6.33 Å². The van der Waals surface area contributed by atoms with Gasteiger partial charge in [-0.1, -0.05) is 18.5 Å². The van der Waals surface area contributed by atoms with Gasteiger partial charge < -0.3 is 5.32 Å². The molecule has 0 amide bonds. The second kappa shape index (κ2) is 5.75. The molecule has 0 aliphatic heterocycles.